The normalized spacial score (nSPS) is 9.60. The molecule has 0 radical (unpaired) electrons. The Bertz CT molecular complexity index is 388. The van der Waals surface area contributed by atoms with E-state index in [1.54, 1.807) is 0 Å². The van der Waals surface area contributed by atoms with E-state index < -0.39 is 5.82 Å². The lowest BCUT2D eigenvalue weighted by atomic mass is 10.3. The largest absolute Gasteiger partial charge is 0.495 e. The Kier molecular flexibility index (Phi) is 4.07. The number of halogens is 2. The maximum absolute atomic E-state index is 13.3. The summed E-state index contributed by atoms with van der Waals surface area (Å²) in [4.78, 5) is 0. The molecule has 0 aromatic heterocycles. The zero-order chi connectivity index (χ0) is 11.4. The molecular weight excluding hydrogens is 241 g/mol. The van der Waals surface area contributed by atoms with Gasteiger partial charge in [-0.1, -0.05) is 11.6 Å². The minimum absolute atomic E-state index is 0.0956. The number of anilines is 1. The van der Waals surface area contributed by atoms with Crippen LogP contribution < -0.4 is 21.3 Å². The van der Waals surface area contributed by atoms with Crippen LogP contribution in [0.1, 0.15) is 0 Å². The number of thiocarbonyl (C=S) groups is 1. The number of benzene rings is 1. The SMILES string of the molecule is COc1cc(NC(=S)NN)c(F)cc1Cl. The standard InChI is InChI=1S/C8H9ClFN3OS/c1-14-7-3-6(12-8(15)13-11)5(10)2-4(7)9/h2-3H,11H2,1H3,(H2,12,13,15). The molecule has 0 unspecified atom stereocenters. The summed E-state index contributed by atoms with van der Waals surface area (Å²) in [5, 5.41) is 2.83. The van der Waals surface area contributed by atoms with E-state index in [4.69, 9.17) is 34.4 Å². The van der Waals surface area contributed by atoms with E-state index in [0.717, 1.165) is 6.07 Å². The molecule has 1 aromatic rings. The van der Waals surface area contributed by atoms with Crippen LogP contribution in [0.3, 0.4) is 0 Å². The first-order chi connectivity index (χ1) is 7.08. The second kappa shape index (κ2) is 5.11. The Hall–Kier alpha value is -1.11. The van der Waals surface area contributed by atoms with Crippen molar-refractivity contribution in [2.75, 3.05) is 12.4 Å². The molecule has 0 saturated carbocycles. The zero-order valence-electron chi connectivity index (χ0n) is 7.80. The predicted molar refractivity (Wildman–Crippen MR) is 61.5 cm³/mol. The van der Waals surface area contributed by atoms with E-state index in [-0.39, 0.29) is 15.8 Å². The smallest absolute Gasteiger partial charge is 0.185 e. The number of hydrazine groups is 1. The highest BCUT2D eigenvalue weighted by atomic mass is 35.5. The first kappa shape index (κ1) is 12.0. The van der Waals surface area contributed by atoms with Gasteiger partial charge in [-0.05, 0) is 18.3 Å². The van der Waals surface area contributed by atoms with Gasteiger partial charge in [-0.25, -0.2) is 10.2 Å². The molecule has 1 rings (SSSR count). The van der Waals surface area contributed by atoms with Gasteiger partial charge in [0.15, 0.2) is 5.11 Å². The average Bonchev–Trinajstić information content (AvgIpc) is 2.21. The lowest BCUT2D eigenvalue weighted by Gasteiger charge is -2.10. The number of hydrogen-bond acceptors (Lipinski definition) is 3. The average molecular weight is 250 g/mol. The van der Waals surface area contributed by atoms with Crippen LogP contribution in [-0.2, 0) is 0 Å². The summed E-state index contributed by atoms with van der Waals surface area (Å²) in [5.74, 6) is 4.84. The van der Waals surface area contributed by atoms with Crippen molar-refractivity contribution in [1.82, 2.24) is 5.43 Å². The monoisotopic (exact) mass is 249 g/mol. The number of nitrogens with one attached hydrogen (secondary N) is 2. The van der Waals surface area contributed by atoms with Gasteiger partial charge in [-0.15, -0.1) is 0 Å². The third-order valence-corrected chi connectivity index (χ3v) is 2.14. The topological polar surface area (TPSA) is 59.3 Å². The van der Waals surface area contributed by atoms with Crippen LogP contribution in [-0.4, -0.2) is 12.2 Å². The lowest BCUT2D eigenvalue weighted by molar-refractivity contribution is 0.414. The van der Waals surface area contributed by atoms with E-state index in [9.17, 15) is 4.39 Å². The zero-order valence-corrected chi connectivity index (χ0v) is 9.38. The number of ether oxygens (including phenoxy) is 1. The first-order valence-corrected chi connectivity index (χ1v) is 4.67. The molecule has 0 fully saturated rings. The van der Waals surface area contributed by atoms with Crippen LogP contribution >= 0.6 is 23.8 Å². The minimum atomic E-state index is -0.543. The second-order valence-electron chi connectivity index (χ2n) is 2.57. The van der Waals surface area contributed by atoms with Crippen molar-refractivity contribution < 1.29 is 9.13 Å². The van der Waals surface area contributed by atoms with Crippen molar-refractivity contribution in [2.24, 2.45) is 5.84 Å². The Morgan fingerprint density at radius 3 is 2.80 bits per heavy atom. The highest BCUT2D eigenvalue weighted by Gasteiger charge is 2.09. The molecule has 1 aromatic carbocycles. The minimum Gasteiger partial charge on any atom is -0.495 e. The highest BCUT2D eigenvalue weighted by molar-refractivity contribution is 7.80. The van der Waals surface area contributed by atoms with Crippen LogP contribution in [0.2, 0.25) is 5.02 Å². The fourth-order valence-corrected chi connectivity index (χ4v) is 1.28. The van der Waals surface area contributed by atoms with E-state index in [2.05, 4.69) is 10.7 Å². The molecule has 0 aliphatic heterocycles. The van der Waals surface area contributed by atoms with Gasteiger partial charge in [0, 0.05) is 6.07 Å². The summed E-state index contributed by atoms with van der Waals surface area (Å²) in [6.45, 7) is 0. The summed E-state index contributed by atoms with van der Waals surface area (Å²) >= 11 is 10.4. The fourth-order valence-electron chi connectivity index (χ4n) is 0.940. The van der Waals surface area contributed by atoms with Crippen molar-refractivity contribution in [2.45, 2.75) is 0 Å². The van der Waals surface area contributed by atoms with E-state index >= 15 is 0 Å². The van der Waals surface area contributed by atoms with Crippen molar-refractivity contribution >= 4 is 34.6 Å². The van der Waals surface area contributed by atoms with Gasteiger partial charge < -0.3 is 15.5 Å². The maximum atomic E-state index is 13.3. The molecule has 15 heavy (non-hydrogen) atoms. The van der Waals surface area contributed by atoms with Crippen molar-refractivity contribution in [3.8, 4) is 5.75 Å². The second-order valence-corrected chi connectivity index (χ2v) is 3.38. The Morgan fingerprint density at radius 2 is 2.27 bits per heavy atom. The lowest BCUT2D eigenvalue weighted by Crippen LogP contribution is -2.34. The highest BCUT2D eigenvalue weighted by Crippen LogP contribution is 2.29. The van der Waals surface area contributed by atoms with Gasteiger partial charge in [-0.3, -0.25) is 0 Å². The van der Waals surface area contributed by atoms with Crippen LogP contribution in [0.25, 0.3) is 0 Å². The molecule has 0 aliphatic rings. The molecule has 0 saturated heterocycles. The van der Waals surface area contributed by atoms with Crippen LogP contribution in [0.15, 0.2) is 12.1 Å². The summed E-state index contributed by atoms with van der Waals surface area (Å²) in [7, 11) is 1.43. The molecule has 0 bridgehead atoms. The fraction of sp³-hybridized carbons (Fsp3) is 0.125. The summed E-state index contributed by atoms with van der Waals surface area (Å²) in [6, 6.07) is 2.52. The number of rotatable bonds is 2. The third-order valence-electron chi connectivity index (χ3n) is 1.62. The van der Waals surface area contributed by atoms with Gasteiger partial charge in [-0.2, -0.15) is 0 Å². The van der Waals surface area contributed by atoms with Crippen molar-refractivity contribution in [3.05, 3.63) is 23.0 Å². The van der Waals surface area contributed by atoms with E-state index in [0.29, 0.717) is 5.75 Å². The van der Waals surface area contributed by atoms with Crippen LogP contribution in [0.4, 0.5) is 10.1 Å². The van der Waals surface area contributed by atoms with Crippen LogP contribution in [0.5, 0.6) is 5.75 Å². The molecule has 82 valence electrons. The maximum Gasteiger partial charge on any atom is 0.185 e. The van der Waals surface area contributed by atoms with Gasteiger partial charge in [0.05, 0.1) is 17.8 Å². The predicted octanol–water partition coefficient (Wildman–Crippen LogP) is 1.65. The molecule has 0 aliphatic carbocycles. The van der Waals surface area contributed by atoms with E-state index in [1.165, 1.54) is 13.2 Å². The molecule has 4 nitrogen and oxygen atoms in total. The summed E-state index contributed by atoms with van der Waals surface area (Å²) < 4.78 is 18.3. The van der Waals surface area contributed by atoms with E-state index in [1.807, 2.05) is 0 Å². The molecular formula is C8H9ClFN3OS. The third kappa shape index (κ3) is 2.92. The number of methoxy groups -OCH3 is 1. The molecule has 0 heterocycles. The van der Waals surface area contributed by atoms with Gasteiger partial charge >= 0.3 is 0 Å². The van der Waals surface area contributed by atoms with Crippen molar-refractivity contribution in [1.29, 1.82) is 0 Å². The molecule has 0 amide bonds. The van der Waals surface area contributed by atoms with Crippen molar-refractivity contribution in [3.63, 3.8) is 0 Å². The summed E-state index contributed by atoms with van der Waals surface area (Å²) in [6.07, 6.45) is 0. The number of hydrogen-bond donors (Lipinski definition) is 3. The first-order valence-electron chi connectivity index (χ1n) is 3.89. The van der Waals surface area contributed by atoms with Gasteiger partial charge in [0.25, 0.3) is 0 Å². The molecule has 7 heteroatoms. The van der Waals surface area contributed by atoms with Gasteiger partial charge in [0.1, 0.15) is 11.6 Å². The molecule has 0 atom stereocenters. The molecule has 0 spiro atoms. The molecule has 4 N–H and O–H groups in total. The van der Waals surface area contributed by atoms with Gasteiger partial charge in [0.2, 0.25) is 0 Å². The Morgan fingerprint density at radius 1 is 1.60 bits per heavy atom. The number of nitrogens with two attached hydrogens (primary N) is 1. The Labute approximate surface area is 96.5 Å². The summed E-state index contributed by atoms with van der Waals surface area (Å²) in [5.41, 5.74) is 2.31. The quantitative estimate of drug-likeness (QED) is 0.423. The Balaban J connectivity index is 3.02. The van der Waals surface area contributed by atoms with Crippen LogP contribution in [0, 0.1) is 5.82 Å².